The van der Waals surface area contributed by atoms with Gasteiger partial charge in [0, 0.05) is 28.8 Å². The largest absolute Gasteiger partial charge is 0.334 e. The molecule has 0 bridgehead atoms. The monoisotopic (exact) mass is 369 g/mol. The lowest BCUT2D eigenvalue weighted by Crippen LogP contribution is -2.35. The highest BCUT2D eigenvalue weighted by atomic mass is 79.9. The molecule has 1 aromatic heterocycles. The zero-order chi connectivity index (χ0) is 16.1. The van der Waals surface area contributed by atoms with Crippen LogP contribution in [-0.2, 0) is 13.5 Å². The number of fused-ring (bicyclic) bond motifs is 2. The molecule has 116 valence electrons. The van der Waals surface area contributed by atoms with Crippen LogP contribution in [0.3, 0.4) is 0 Å². The second-order valence-corrected chi connectivity index (χ2v) is 6.98. The predicted molar refractivity (Wildman–Crippen MR) is 94.8 cm³/mol. The van der Waals surface area contributed by atoms with Gasteiger partial charge in [-0.25, -0.2) is 4.98 Å². The van der Waals surface area contributed by atoms with Gasteiger partial charge in [0.2, 0.25) is 0 Å². The molecule has 4 rings (SSSR count). The first-order valence-corrected chi connectivity index (χ1v) is 8.37. The average Bonchev–Trinajstić information content (AvgIpc) is 3.05. The molecule has 0 fully saturated rings. The number of hydrogen-bond acceptors (Lipinski definition) is 2. The summed E-state index contributed by atoms with van der Waals surface area (Å²) in [4.78, 5) is 19.3. The molecule has 0 unspecified atom stereocenters. The number of carbonyl (C=O) groups is 1. The van der Waals surface area contributed by atoms with E-state index in [-0.39, 0.29) is 11.9 Å². The summed E-state index contributed by atoms with van der Waals surface area (Å²) in [6.07, 6.45) is 2.65. The highest BCUT2D eigenvalue weighted by Crippen LogP contribution is 2.35. The van der Waals surface area contributed by atoms with Crippen LogP contribution in [0.15, 0.2) is 47.2 Å². The van der Waals surface area contributed by atoms with Crippen LogP contribution in [0, 0.1) is 0 Å². The van der Waals surface area contributed by atoms with Gasteiger partial charge in [0.1, 0.15) is 0 Å². The van der Waals surface area contributed by atoms with Crippen LogP contribution in [-0.4, -0.2) is 21.5 Å². The van der Waals surface area contributed by atoms with Crippen LogP contribution in [0.4, 0.5) is 5.69 Å². The molecule has 4 nitrogen and oxygen atoms in total. The smallest absolute Gasteiger partial charge is 0.258 e. The minimum Gasteiger partial charge on any atom is -0.334 e. The van der Waals surface area contributed by atoms with E-state index in [0.717, 1.165) is 27.6 Å². The molecule has 0 N–H and O–H groups in total. The number of anilines is 1. The van der Waals surface area contributed by atoms with Crippen molar-refractivity contribution in [2.45, 2.75) is 19.4 Å². The van der Waals surface area contributed by atoms with Gasteiger partial charge in [-0.15, -0.1) is 0 Å². The van der Waals surface area contributed by atoms with Crippen molar-refractivity contribution in [1.29, 1.82) is 0 Å². The van der Waals surface area contributed by atoms with Gasteiger partial charge < -0.3 is 9.47 Å². The zero-order valence-electron chi connectivity index (χ0n) is 13.0. The van der Waals surface area contributed by atoms with Crippen molar-refractivity contribution in [3.8, 4) is 0 Å². The second kappa shape index (κ2) is 5.20. The second-order valence-electron chi connectivity index (χ2n) is 6.06. The molecule has 0 saturated heterocycles. The van der Waals surface area contributed by atoms with E-state index in [1.54, 1.807) is 6.33 Å². The van der Waals surface area contributed by atoms with Crippen molar-refractivity contribution in [3.63, 3.8) is 0 Å². The van der Waals surface area contributed by atoms with Gasteiger partial charge in [0.25, 0.3) is 5.91 Å². The van der Waals surface area contributed by atoms with Crippen LogP contribution < -0.4 is 4.90 Å². The number of benzene rings is 2. The number of carbonyl (C=O) groups excluding carboxylic acids is 1. The molecular weight excluding hydrogens is 354 g/mol. The summed E-state index contributed by atoms with van der Waals surface area (Å²) in [7, 11) is 1.95. The molecule has 0 radical (unpaired) electrons. The van der Waals surface area contributed by atoms with E-state index >= 15 is 0 Å². The van der Waals surface area contributed by atoms with Gasteiger partial charge in [-0.2, -0.15) is 0 Å². The van der Waals surface area contributed by atoms with Gasteiger partial charge in [0.15, 0.2) is 0 Å². The molecule has 2 aromatic carbocycles. The molecule has 0 aliphatic carbocycles. The van der Waals surface area contributed by atoms with E-state index in [1.165, 1.54) is 5.56 Å². The Morgan fingerprint density at radius 1 is 1.26 bits per heavy atom. The Morgan fingerprint density at radius 3 is 2.91 bits per heavy atom. The summed E-state index contributed by atoms with van der Waals surface area (Å²) < 4.78 is 3.00. The molecule has 23 heavy (non-hydrogen) atoms. The SMILES string of the molecule is C[C@H]1Cc2cc(Br)ccc2N1C(=O)c1ccc2c(c1)ncn2C. The molecule has 3 aromatic rings. The van der Waals surface area contributed by atoms with E-state index in [0.29, 0.717) is 5.56 Å². The summed E-state index contributed by atoms with van der Waals surface area (Å²) in [5.41, 5.74) is 4.77. The van der Waals surface area contributed by atoms with Crippen LogP contribution >= 0.6 is 15.9 Å². The molecule has 1 aliphatic heterocycles. The first kappa shape index (κ1) is 14.5. The van der Waals surface area contributed by atoms with Gasteiger partial charge in [-0.3, -0.25) is 4.79 Å². The van der Waals surface area contributed by atoms with E-state index in [9.17, 15) is 4.79 Å². The van der Waals surface area contributed by atoms with Gasteiger partial charge in [-0.1, -0.05) is 15.9 Å². The van der Waals surface area contributed by atoms with Gasteiger partial charge in [0.05, 0.1) is 17.4 Å². The van der Waals surface area contributed by atoms with E-state index < -0.39 is 0 Å². The molecule has 1 aliphatic rings. The highest BCUT2D eigenvalue weighted by Gasteiger charge is 2.31. The number of amides is 1. The third-order valence-corrected chi connectivity index (χ3v) is 4.94. The number of imidazole rings is 1. The molecule has 0 saturated carbocycles. The summed E-state index contributed by atoms with van der Waals surface area (Å²) in [5.74, 6) is 0.0334. The van der Waals surface area contributed by atoms with E-state index in [2.05, 4.69) is 33.9 Å². The van der Waals surface area contributed by atoms with E-state index in [4.69, 9.17) is 0 Å². The molecule has 2 heterocycles. The summed E-state index contributed by atoms with van der Waals surface area (Å²) in [6, 6.07) is 12.0. The fraction of sp³-hybridized carbons (Fsp3) is 0.222. The Balaban J connectivity index is 1.76. The fourth-order valence-corrected chi connectivity index (χ4v) is 3.73. The predicted octanol–water partition coefficient (Wildman–Crippen LogP) is 3.93. The Labute approximate surface area is 142 Å². The lowest BCUT2D eigenvalue weighted by atomic mass is 10.1. The molecule has 1 atom stereocenters. The van der Waals surface area contributed by atoms with Crippen molar-refractivity contribution in [1.82, 2.24) is 9.55 Å². The van der Waals surface area contributed by atoms with Crippen molar-refractivity contribution in [3.05, 3.63) is 58.3 Å². The maximum absolute atomic E-state index is 13.0. The zero-order valence-corrected chi connectivity index (χ0v) is 14.5. The average molecular weight is 370 g/mol. The van der Waals surface area contributed by atoms with Crippen LogP contribution in [0.1, 0.15) is 22.8 Å². The third-order valence-electron chi connectivity index (χ3n) is 4.45. The quantitative estimate of drug-likeness (QED) is 0.651. The topological polar surface area (TPSA) is 38.1 Å². The Bertz CT molecular complexity index is 931. The minimum atomic E-state index is 0.0334. The lowest BCUT2D eigenvalue weighted by Gasteiger charge is -2.23. The maximum Gasteiger partial charge on any atom is 0.258 e. The molecule has 0 spiro atoms. The number of rotatable bonds is 1. The first-order chi connectivity index (χ1) is 11.0. The minimum absolute atomic E-state index is 0.0334. The maximum atomic E-state index is 13.0. The van der Waals surface area contributed by atoms with Crippen LogP contribution in [0.25, 0.3) is 11.0 Å². The van der Waals surface area contributed by atoms with Crippen molar-refractivity contribution in [2.75, 3.05) is 4.90 Å². The summed E-state index contributed by atoms with van der Waals surface area (Å²) >= 11 is 3.50. The third kappa shape index (κ3) is 2.27. The van der Waals surface area contributed by atoms with Crippen molar-refractivity contribution in [2.24, 2.45) is 7.05 Å². The van der Waals surface area contributed by atoms with Crippen molar-refractivity contribution < 1.29 is 4.79 Å². The molecule has 1 amide bonds. The lowest BCUT2D eigenvalue weighted by molar-refractivity contribution is 0.0981. The fourth-order valence-electron chi connectivity index (χ4n) is 3.32. The number of hydrogen-bond donors (Lipinski definition) is 0. The van der Waals surface area contributed by atoms with E-state index in [1.807, 2.05) is 46.8 Å². The molecule has 5 heteroatoms. The van der Waals surface area contributed by atoms with Gasteiger partial charge >= 0.3 is 0 Å². The number of halogens is 1. The standard InChI is InChI=1S/C18H16BrN3O/c1-11-7-13-8-14(19)4-6-16(13)22(11)18(23)12-3-5-17-15(9-12)20-10-21(17)2/h3-6,8-11H,7H2,1-2H3/t11-/m0/s1. The van der Waals surface area contributed by atoms with Gasteiger partial charge in [-0.05, 0) is 55.3 Å². The highest BCUT2D eigenvalue weighted by molar-refractivity contribution is 9.10. The Hall–Kier alpha value is -2.14. The number of nitrogens with zero attached hydrogens (tertiary/aromatic N) is 3. The van der Waals surface area contributed by atoms with Crippen molar-refractivity contribution >= 4 is 38.6 Å². The molecular formula is C18H16BrN3O. The Kier molecular flexibility index (Phi) is 3.27. The summed E-state index contributed by atoms with van der Waals surface area (Å²) in [6.45, 7) is 2.09. The van der Waals surface area contributed by atoms with Crippen LogP contribution in [0.2, 0.25) is 0 Å². The number of aromatic nitrogens is 2. The normalized spacial score (nSPS) is 16.8. The number of aryl methyl sites for hydroxylation is 1. The Morgan fingerprint density at radius 2 is 2.09 bits per heavy atom. The first-order valence-electron chi connectivity index (χ1n) is 7.57. The summed E-state index contributed by atoms with van der Waals surface area (Å²) in [5, 5.41) is 0. The van der Waals surface area contributed by atoms with Crippen LogP contribution in [0.5, 0.6) is 0 Å².